The van der Waals surface area contributed by atoms with E-state index in [0.717, 1.165) is 15.6 Å². The minimum absolute atomic E-state index is 0.129. The van der Waals surface area contributed by atoms with E-state index < -0.39 is 0 Å². The van der Waals surface area contributed by atoms with Crippen molar-refractivity contribution in [1.82, 2.24) is 5.32 Å². The average Bonchev–Trinajstić information content (AvgIpc) is 2.37. The maximum absolute atomic E-state index is 13.7. The van der Waals surface area contributed by atoms with E-state index in [1.807, 2.05) is 31.3 Å². The Morgan fingerprint density at radius 2 is 1.95 bits per heavy atom. The second-order valence-electron chi connectivity index (χ2n) is 4.40. The molecule has 0 aliphatic heterocycles. The van der Waals surface area contributed by atoms with E-state index in [1.165, 1.54) is 0 Å². The lowest BCUT2D eigenvalue weighted by Gasteiger charge is -2.19. The fourth-order valence-electron chi connectivity index (χ4n) is 2.03. The van der Waals surface area contributed by atoms with Crippen molar-refractivity contribution in [3.8, 4) is 0 Å². The fourth-order valence-corrected chi connectivity index (χ4v) is 2.81. The van der Waals surface area contributed by atoms with Gasteiger partial charge in [-0.3, -0.25) is 0 Å². The van der Waals surface area contributed by atoms with Crippen molar-refractivity contribution < 1.29 is 4.39 Å². The second-order valence-corrected chi connectivity index (χ2v) is 5.72. The van der Waals surface area contributed by atoms with E-state index in [1.54, 1.807) is 19.1 Å². The topological polar surface area (TPSA) is 12.0 Å². The van der Waals surface area contributed by atoms with Gasteiger partial charge >= 0.3 is 0 Å². The highest BCUT2D eigenvalue weighted by Crippen LogP contribution is 2.31. The summed E-state index contributed by atoms with van der Waals surface area (Å²) < 4.78 is 14.6. The van der Waals surface area contributed by atoms with Gasteiger partial charge in [0.05, 0.1) is 6.04 Å². The zero-order valence-electron chi connectivity index (χ0n) is 10.7. The van der Waals surface area contributed by atoms with Crippen LogP contribution in [0, 0.1) is 12.7 Å². The molecule has 1 unspecified atom stereocenters. The molecule has 2 rings (SSSR count). The Morgan fingerprint density at radius 1 is 1.21 bits per heavy atom. The first-order valence-electron chi connectivity index (χ1n) is 5.91. The highest BCUT2D eigenvalue weighted by Gasteiger charge is 2.16. The molecular formula is C15H14BrClFN. The molecule has 0 aromatic heterocycles. The van der Waals surface area contributed by atoms with Gasteiger partial charge in [-0.05, 0) is 48.9 Å². The smallest absolute Gasteiger partial charge is 0.126 e. The summed E-state index contributed by atoms with van der Waals surface area (Å²) >= 11 is 9.64. The number of aryl methyl sites for hydroxylation is 1. The third kappa shape index (κ3) is 3.16. The third-order valence-electron chi connectivity index (χ3n) is 3.09. The molecule has 0 bridgehead atoms. The van der Waals surface area contributed by atoms with Crippen molar-refractivity contribution in [1.29, 1.82) is 0 Å². The predicted octanol–water partition coefficient (Wildman–Crippen LogP) is 4.86. The van der Waals surface area contributed by atoms with E-state index in [2.05, 4.69) is 21.2 Å². The lowest BCUT2D eigenvalue weighted by molar-refractivity contribution is 0.608. The Labute approximate surface area is 125 Å². The molecule has 4 heteroatoms. The van der Waals surface area contributed by atoms with Crippen molar-refractivity contribution in [3.05, 3.63) is 68.4 Å². The summed E-state index contributed by atoms with van der Waals surface area (Å²) in [6.45, 7) is 1.75. The SMILES string of the molecule is CNC(c1ccc(C)c(F)c1)c1ccc(Br)cc1Cl. The monoisotopic (exact) mass is 341 g/mol. The molecule has 0 saturated heterocycles. The number of hydrogen-bond donors (Lipinski definition) is 1. The normalized spacial score (nSPS) is 12.5. The second kappa shape index (κ2) is 6.04. The number of halogens is 3. The fraction of sp³-hybridized carbons (Fsp3) is 0.200. The van der Waals surface area contributed by atoms with Gasteiger partial charge in [-0.2, -0.15) is 0 Å². The Balaban J connectivity index is 2.46. The van der Waals surface area contributed by atoms with Crippen LogP contribution < -0.4 is 5.32 Å². The molecule has 1 nitrogen and oxygen atoms in total. The van der Waals surface area contributed by atoms with Crippen LogP contribution in [0.5, 0.6) is 0 Å². The molecule has 2 aromatic rings. The summed E-state index contributed by atoms with van der Waals surface area (Å²) in [7, 11) is 1.83. The molecular weight excluding hydrogens is 329 g/mol. The molecule has 0 saturated carbocycles. The lowest BCUT2D eigenvalue weighted by Crippen LogP contribution is -2.18. The van der Waals surface area contributed by atoms with Gasteiger partial charge in [-0.25, -0.2) is 4.39 Å². The standard InChI is InChI=1S/C15H14BrClFN/c1-9-3-4-10(7-14(9)18)15(19-2)12-6-5-11(16)8-13(12)17/h3-8,15,19H,1-2H3. The van der Waals surface area contributed by atoms with Gasteiger partial charge in [0.1, 0.15) is 5.82 Å². The van der Waals surface area contributed by atoms with E-state index in [9.17, 15) is 4.39 Å². The quantitative estimate of drug-likeness (QED) is 0.840. The summed E-state index contributed by atoms with van der Waals surface area (Å²) in [5, 5.41) is 3.82. The first kappa shape index (κ1) is 14.5. The van der Waals surface area contributed by atoms with Crippen LogP contribution in [0.4, 0.5) is 4.39 Å². The van der Waals surface area contributed by atoms with Crippen molar-refractivity contribution in [2.24, 2.45) is 0 Å². The first-order valence-corrected chi connectivity index (χ1v) is 7.08. The summed E-state index contributed by atoms with van der Waals surface area (Å²) in [5.41, 5.74) is 2.42. The zero-order chi connectivity index (χ0) is 14.0. The molecule has 1 atom stereocenters. The average molecular weight is 343 g/mol. The van der Waals surface area contributed by atoms with Gasteiger partial charge in [-0.1, -0.05) is 45.7 Å². The summed E-state index contributed by atoms with van der Waals surface area (Å²) in [5.74, 6) is -0.203. The molecule has 0 heterocycles. The molecule has 0 aliphatic carbocycles. The number of benzene rings is 2. The highest BCUT2D eigenvalue weighted by atomic mass is 79.9. The van der Waals surface area contributed by atoms with Crippen LogP contribution in [0.3, 0.4) is 0 Å². The first-order chi connectivity index (χ1) is 9.02. The highest BCUT2D eigenvalue weighted by molar-refractivity contribution is 9.10. The predicted molar refractivity (Wildman–Crippen MR) is 81.2 cm³/mol. The Kier molecular flexibility index (Phi) is 4.61. The number of hydrogen-bond acceptors (Lipinski definition) is 1. The van der Waals surface area contributed by atoms with Crippen molar-refractivity contribution in [2.45, 2.75) is 13.0 Å². The summed E-state index contributed by atoms with van der Waals surface area (Å²) in [6, 6.07) is 10.8. The molecule has 0 amide bonds. The van der Waals surface area contributed by atoms with Crippen LogP contribution >= 0.6 is 27.5 Å². The molecule has 1 N–H and O–H groups in total. The Bertz CT molecular complexity index is 601. The van der Waals surface area contributed by atoms with Gasteiger partial charge in [0.15, 0.2) is 0 Å². The molecule has 0 fully saturated rings. The number of rotatable bonds is 3. The van der Waals surface area contributed by atoms with E-state index >= 15 is 0 Å². The van der Waals surface area contributed by atoms with E-state index in [-0.39, 0.29) is 11.9 Å². The lowest BCUT2D eigenvalue weighted by atomic mass is 9.97. The maximum Gasteiger partial charge on any atom is 0.126 e. The van der Waals surface area contributed by atoms with Crippen LogP contribution in [0.25, 0.3) is 0 Å². The largest absolute Gasteiger partial charge is 0.309 e. The van der Waals surface area contributed by atoms with Gasteiger partial charge in [0.2, 0.25) is 0 Å². The molecule has 19 heavy (non-hydrogen) atoms. The maximum atomic E-state index is 13.7. The van der Waals surface area contributed by atoms with Crippen LogP contribution in [0.15, 0.2) is 40.9 Å². The summed E-state index contributed by atoms with van der Waals surface area (Å²) in [4.78, 5) is 0. The molecule has 0 spiro atoms. The van der Waals surface area contributed by atoms with E-state index in [4.69, 9.17) is 11.6 Å². The molecule has 0 aliphatic rings. The Morgan fingerprint density at radius 3 is 2.53 bits per heavy atom. The zero-order valence-corrected chi connectivity index (χ0v) is 13.0. The van der Waals surface area contributed by atoms with Gasteiger partial charge in [-0.15, -0.1) is 0 Å². The summed E-state index contributed by atoms with van der Waals surface area (Å²) in [6.07, 6.45) is 0. The number of nitrogens with one attached hydrogen (secondary N) is 1. The van der Waals surface area contributed by atoms with Gasteiger partial charge in [0, 0.05) is 9.50 Å². The van der Waals surface area contributed by atoms with Crippen LogP contribution in [0.1, 0.15) is 22.7 Å². The van der Waals surface area contributed by atoms with Gasteiger partial charge < -0.3 is 5.32 Å². The van der Waals surface area contributed by atoms with Gasteiger partial charge in [0.25, 0.3) is 0 Å². The van der Waals surface area contributed by atoms with Crippen LogP contribution in [-0.2, 0) is 0 Å². The minimum Gasteiger partial charge on any atom is -0.309 e. The van der Waals surface area contributed by atoms with Crippen LogP contribution in [0.2, 0.25) is 5.02 Å². The molecule has 100 valence electrons. The van der Waals surface area contributed by atoms with Crippen LogP contribution in [-0.4, -0.2) is 7.05 Å². The van der Waals surface area contributed by atoms with Crippen molar-refractivity contribution in [2.75, 3.05) is 7.05 Å². The molecule has 2 aromatic carbocycles. The third-order valence-corrected chi connectivity index (χ3v) is 3.91. The van der Waals surface area contributed by atoms with Crippen molar-refractivity contribution in [3.63, 3.8) is 0 Å². The Hall–Kier alpha value is -0.900. The molecule has 0 radical (unpaired) electrons. The van der Waals surface area contributed by atoms with E-state index in [0.29, 0.717) is 10.6 Å². The van der Waals surface area contributed by atoms with Crippen molar-refractivity contribution >= 4 is 27.5 Å². The minimum atomic E-state index is -0.203.